The highest BCUT2D eigenvalue weighted by atomic mass is 16.5. The Balaban J connectivity index is 2.61. The van der Waals surface area contributed by atoms with Crippen molar-refractivity contribution < 1.29 is 19.4 Å². The smallest absolute Gasteiger partial charge is 0.326 e. The zero-order valence-corrected chi connectivity index (χ0v) is 14.4. The number of amides is 1. The molecular formula is C18H27NO4. The van der Waals surface area contributed by atoms with Gasteiger partial charge < -0.3 is 15.2 Å². The summed E-state index contributed by atoms with van der Waals surface area (Å²) < 4.78 is 5.53. The maximum absolute atomic E-state index is 12.2. The maximum Gasteiger partial charge on any atom is 0.326 e. The van der Waals surface area contributed by atoms with Gasteiger partial charge in [0.2, 0.25) is 0 Å². The fourth-order valence-corrected chi connectivity index (χ4v) is 2.09. The molecule has 0 fully saturated rings. The van der Waals surface area contributed by atoms with Crippen molar-refractivity contribution in [2.24, 2.45) is 0 Å². The second kappa shape index (κ2) is 8.67. The number of rotatable bonds is 8. The molecule has 0 aliphatic rings. The summed E-state index contributed by atoms with van der Waals surface area (Å²) in [5.74, 6) is -1.44. The SMILES string of the molecule is CCCc1ccc(C(=O)NC(CCOC(C)(C)C)C(=O)O)cc1. The standard InChI is InChI=1S/C18H27NO4/c1-5-6-13-7-9-14(10-8-13)16(20)19-15(17(21)22)11-12-23-18(2,3)4/h7-10,15H,5-6,11-12H2,1-4H3,(H,19,20)(H,21,22). The number of carbonyl (C=O) groups excluding carboxylic acids is 1. The van der Waals surface area contributed by atoms with E-state index in [1.54, 1.807) is 12.1 Å². The fourth-order valence-electron chi connectivity index (χ4n) is 2.09. The predicted molar refractivity (Wildman–Crippen MR) is 89.6 cm³/mol. The van der Waals surface area contributed by atoms with Crippen molar-refractivity contribution in [3.8, 4) is 0 Å². The Morgan fingerprint density at radius 1 is 1.22 bits per heavy atom. The van der Waals surface area contributed by atoms with Gasteiger partial charge in [0.25, 0.3) is 5.91 Å². The summed E-state index contributed by atoms with van der Waals surface area (Å²) in [7, 11) is 0. The molecule has 0 aromatic heterocycles. The van der Waals surface area contributed by atoms with Crippen molar-refractivity contribution in [2.45, 2.75) is 58.6 Å². The minimum absolute atomic E-state index is 0.228. The fraction of sp³-hybridized carbons (Fsp3) is 0.556. The average molecular weight is 321 g/mol. The van der Waals surface area contributed by atoms with E-state index in [-0.39, 0.29) is 24.5 Å². The van der Waals surface area contributed by atoms with Crippen LogP contribution in [0.1, 0.15) is 56.5 Å². The third kappa shape index (κ3) is 7.28. The van der Waals surface area contributed by atoms with Crippen molar-refractivity contribution in [1.82, 2.24) is 5.32 Å². The molecule has 0 saturated carbocycles. The molecule has 2 N–H and O–H groups in total. The first-order chi connectivity index (χ1) is 10.7. The van der Waals surface area contributed by atoms with Crippen LogP contribution in [-0.2, 0) is 16.0 Å². The van der Waals surface area contributed by atoms with Crippen LogP contribution in [0, 0.1) is 0 Å². The van der Waals surface area contributed by atoms with Crippen LogP contribution in [0.25, 0.3) is 0 Å². The van der Waals surface area contributed by atoms with E-state index in [0.29, 0.717) is 5.56 Å². The van der Waals surface area contributed by atoms with Crippen molar-refractivity contribution in [1.29, 1.82) is 0 Å². The molecule has 0 aliphatic heterocycles. The molecule has 5 nitrogen and oxygen atoms in total. The Morgan fingerprint density at radius 2 is 1.83 bits per heavy atom. The number of hydrogen-bond donors (Lipinski definition) is 2. The largest absolute Gasteiger partial charge is 0.480 e. The van der Waals surface area contributed by atoms with Gasteiger partial charge in [0.15, 0.2) is 0 Å². The molecule has 0 heterocycles. The topological polar surface area (TPSA) is 75.6 Å². The summed E-state index contributed by atoms with van der Waals surface area (Å²) in [6.45, 7) is 8.07. The van der Waals surface area contributed by atoms with Gasteiger partial charge in [0, 0.05) is 18.6 Å². The molecule has 0 spiro atoms. The van der Waals surface area contributed by atoms with Crippen LogP contribution in [-0.4, -0.2) is 35.2 Å². The molecule has 1 unspecified atom stereocenters. The van der Waals surface area contributed by atoms with Crippen LogP contribution in [0.2, 0.25) is 0 Å². The normalized spacial score (nSPS) is 12.7. The Bertz CT molecular complexity index is 517. The average Bonchev–Trinajstić information content (AvgIpc) is 2.45. The third-order valence-corrected chi connectivity index (χ3v) is 3.30. The van der Waals surface area contributed by atoms with Gasteiger partial charge in [-0.05, 0) is 44.9 Å². The van der Waals surface area contributed by atoms with Crippen LogP contribution < -0.4 is 5.32 Å². The number of carboxylic acid groups (broad SMARTS) is 1. The Kier molecular flexibility index (Phi) is 7.23. The number of ether oxygens (including phenoxy) is 1. The molecule has 0 saturated heterocycles. The Morgan fingerprint density at radius 3 is 2.30 bits per heavy atom. The first-order valence-corrected chi connectivity index (χ1v) is 7.99. The summed E-state index contributed by atoms with van der Waals surface area (Å²) in [6, 6.07) is 6.30. The van der Waals surface area contributed by atoms with E-state index in [1.807, 2.05) is 32.9 Å². The molecule has 1 rings (SSSR count). The lowest BCUT2D eigenvalue weighted by atomic mass is 10.1. The van der Waals surface area contributed by atoms with Crippen LogP contribution in [0.4, 0.5) is 0 Å². The number of aryl methyl sites for hydroxylation is 1. The molecule has 1 atom stereocenters. The number of aliphatic carboxylic acids is 1. The minimum Gasteiger partial charge on any atom is -0.480 e. The lowest BCUT2D eigenvalue weighted by molar-refractivity contribution is -0.140. The first-order valence-electron chi connectivity index (χ1n) is 7.99. The number of benzene rings is 1. The van der Waals surface area contributed by atoms with Gasteiger partial charge in [-0.1, -0.05) is 25.5 Å². The zero-order chi connectivity index (χ0) is 17.5. The highest BCUT2D eigenvalue weighted by molar-refractivity contribution is 5.96. The Labute approximate surface area is 138 Å². The van der Waals surface area contributed by atoms with E-state index in [0.717, 1.165) is 18.4 Å². The van der Waals surface area contributed by atoms with Crippen LogP contribution in [0.5, 0.6) is 0 Å². The minimum atomic E-state index is -1.06. The van der Waals surface area contributed by atoms with Crippen LogP contribution in [0.15, 0.2) is 24.3 Å². The second-order valence-corrected chi connectivity index (χ2v) is 6.56. The summed E-state index contributed by atoms with van der Waals surface area (Å²) in [5, 5.41) is 11.8. The lowest BCUT2D eigenvalue weighted by Gasteiger charge is -2.21. The molecule has 0 radical (unpaired) electrons. The van der Waals surface area contributed by atoms with E-state index < -0.39 is 12.0 Å². The van der Waals surface area contributed by atoms with E-state index in [4.69, 9.17) is 4.74 Å². The molecule has 5 heteroatoms. The van der Waals surface area contributed by atoms with Gasteiger partial charge in [-0.15, -0.1) is 0 Å². The van der Waals surface area contributed by atoms with Crippen LogP contribution >= 0.6 is 0 Å². The first kappa shape index (κ1) is 19.2. The van der Waals surface area contributed by atoms with E-state index in [2.05, 4.69) is 12.2 Å². The van der Waals surface area contributed by atoms with Gasteiger partial charge in [-0.3, -0.25) is 4.79 Å². The van der Waals surface area contributed by atoms with Crippen molar-refractivity contribution >= 4 is 11.9 Å². The van der Waals surface area contributed by atoms with Crippen molar-refractivity contribution in [3.05, 3.63) is 35.4 Å². The number of carbonyl (C=O) groups is 2. The zero-order valence-electron chi connectivity index (χ0n) is 14.4. The van der Waals surface area contributed by atoms with Gasteiger partial charge in [0.05, 0.1) is 5.60 Å². The Hall–Kier alpha value is -1.88. The summed E-state index contributed by atoms with van der Waals surface area (Å²) in [6.07, 6.45) is 2.23. The second-order valence-electron chi connectivity index (χ2n) is 6.56. The monoisotopic (exact) mass is 321 g/mol. The van der Waals surface area contributed by atoms with E-state index in [1.165, 1.54) is 0 Å². The summed E-state index contributed by atoms with van der Waals surface area (Å²) >= 11 is 0. The highest BCUT2D eigenvalue weighted by Crippen LogP contribution is 2.10. The molecule has 1 aromatic carbocycles. The number of hydrogen-bond acceptors (Lipinski definition) is 3. The summed E-state index contributed by atoms with van der Waals surface area (Å²) in [4.78, 5) is 23.5. The summed E-state index contributed by atoms with van der Waals surface area (Å²) in [5.41, 5.74) is 1.30. The predicted octanol–water partition coefficient (Wildman–Crippen LogP) is 3.03. The van der Waals surface area contributed by atoms with Gasteiger partial charge in [-0.25, -0.2) is 4.79 Å². The van der Waals surface area contributed by atoms with Crippen molar-refractivity contribution in [3.63, 3.8) is 0 Å². The van der Waals surface area contributed by atoms with Gasteiger partial charge in [-0.2, -0.15) is 0 Å². The van der Waals surface area contributed by atoms with E-state index in [9.17, 15) is 14.7 Å². The number of nitrogens with one attached hydrogen (secondary N) is 1. The molecule has 1 amide bonds. The molecule has 23 heavy (non-hydrogen) atoms. The molecule has 0 aliphatic carbocycles. The molecule has 0 bridgehead atoms. The molecule has 128 valence electrons. The number of carboxylic acids is 1. The van der Waals surface area contributed by atoms with E-state index >= 15 is 0 Å². The highest BCUT2D eigenvalue weighted by Gasteiger charge is 2.21. The third-order valence-electron chi connectivity index (χ3n) is 3.30. The lowest BCUT2D eigenvalue weighted by Crippen LogP contribution is -2.42. The van der Waals surface area contributed by atoms with Gasteiger partial charge in [0.1, 0.15) is 6.04 Å². The molecule has 1 aromatic rings. The molecular weight excluding hydrogens is 294 g/mol. The van der Waals surface area contributed by atoms with Gasteiger partial charge >= 0.3 is 5.97 Å². The quantitative estimate of drug-likeness (QED) is 0.771. The van der Waals surface area contributed by atoms with Crippen molar-refractivity contribution in [2.75, 3.05) is 6.61 Å². The maximum atomic E-state index is 12.2. The van der Waals surface area contributed by atoms with Crippen LogP contribution in [0.3, 0.4) is 0 Å².